The van der Waals surface area contributed by atoms with Gasteiger partial charge in [-0.15, -0.1) is 0 Å². The van der Waals surface area contributed by atoms with Crippen molar-refractivity contribution in [2.24, 2.45) is 5.92 Å². The summed E-state index contributed by atoms with van der Waals surface area (Å²) in [5.74, 6) is 1.39. The zero-order chi connectivity index (χ0) is 19.9. The van der Waals surface area contributed by atoms with Gasteiger partial charge in [-0.05, 0) is 63.6 Å². The van der Waals surface area contributed by atoms with Crippen LogP contribution in [-0.4, -0.2) is 32.6 Å². The number of imidazole rings is 1. The van der Waals surface area contributed by atoms with Gasteiger partial charge in [0.25, 0.3) is 0 Å². The number of hydrogen-bond acceptors (Lipinski definition) is 3. The minimum atomic E-state index is -0.500. The molecule has 4 rings (SSSR count). The standard InChI is InChI=1S/C22H28BrN3O2/c1-22(2,3)28-21(27)26-18-7-5-4-6-15(18)12-19(26)20-24-13-17(25-20)14-8-10-16(23)11-9-14/h8-11,13,15,18-19H,4-7,12H2,1-3H3,(H,24,25)/t15-,18-,19-/m0/s1. The van der Waals surface area contributed by atoms with Crippen molar-refractivity contribution in [1.29, 1.82) is 0 Å². The summed E-state index contributed by atoms with van der Waals surface area (Å²) in [7, 11) is 0. The van der Waals surface area contributed by atoms with Gasteiger partial charge in [0.15, 0.2) is 0 Å². The van der Waals surface area contributed by atoms with Crippen LogP contribution in [0.4, 0.5) is 4.79 Å². The molecule has 1 aliphatic carbocycles. The predicted molar refractivity (Wildman–Crippen MR) is 113 cm³/mol. The van der Waals surface area contributed by atoms with Crippen LogP contribution in [0.1, 0.15) is 64.7 Å². The quantitative estimate of drug-likeness (QED) is 0.608. The lowest BCUT2D eigenvalue weighted by molar-refractivity contribution is 0.00952. The first-order valence-corrected chi connectivity index (χ1v) is 10.9. The number of aromatic amines is 1. The van der Waals surface area contributed by atoms with Crippen molar-refractivity contribution >= 4 is 22.0 Å². The number of ether oxygens (including phenoxy) is 1. The number of fused-ring (bicyclic) bond motifs is 1. The molecule has 1 aromatic heterocycles. The van der Waals surface area contributed by atoms with Crippen LogP contribution >= 0.6 is 15.9 Å². The third-order valence-corrected chi connectivity index (χ3v) is 6.29. The summed E-state index contributed by atoms with van der Waals surface area (Å²) in [6.45, 7) is 5.77. The van der Waals surface area contributed by atoms with Crippen LogP contribution in [0.15, 0.2) is 34.9 Å². The molecule has 2 aliphatic rings. The van der Waals surface area contributed by atoms with E-state index in [9.17, 15) is 4.79 Å². The van der Waals surface area contributed by atoms with E-state index in [0.29, 0.717) is 5.92 Å². The Hall–Kier alpha value is -1.82. The third kappa shape index (κ3) is 3.97. The van der Waals surface area contributed by atoms with Gasteiger partial charge in [-0.1, -0.05) is 40.9 Å². The van der Waals surface area contributed by atoms with Gasteiger partial charge < -0.3 is 9.72 Å². The molecule has 2 fully saturated rings. The molecule has 2 heterocycles. The van der Waals surface area contributed by atoms with Gasteiger partial charge >= 0.3 is 6.09 Å². The molecule has 28 heavy (non-hydrogen) atoms. The highest BCUT2D eigenvalue weighted by molar-refractivity contribution is 9.10. The largest absolute Gasteiger partial charge is 0.444 e. The van der Waals surface area contributed by atoms with E-state index in [1.807, 2.05) is 44.0 Å². The van der Waals surface area contributed by atoms with E-state index in [1.165, 1.54) is 19.3 Å². The average Bonchev–Trinajstić information content (AvgIpc) is 3.25. The smallest absolute Gasteiger partial charge is 0.411 e. The molecule has 1 aromatic carbocycles. The highest BCUT2D eigenvalue weighted by Crippen LogP contribution is 2.46. The van der Waals surface area contributed by atoms with E-state index < -0.39 is 5.60 Å². The number of aromatic nitrogens is 2. The molecule has 1 N–H and O–H groups in total. The van der Waals surface area contributed by atoms with Crippen molar-refractivity contribution in [3.8, 4) is 11.3 Å². The number of carbonyl (C=O) groups excluding carboxylic acids is 1. The zero-order valence-corrected chi connectivity index (χ0v) is 18.3. The number of carbonyl (C=O) groups is 1. The summed E-state index contributed by atoms with van der Waals surface area (Å²) in [6, 6.07) is 8.37. The Morgan fingerprint density at radius 1 is 1.21 bits per heavy atom. The summed E-state index contributed by atoms with van der Waals surface area (Å²) in [5, 5.41) is 0. The molecule has 1 amide bonds. The topological polar surface area (TPSA) is 58.2 Å². The fourth-order valence-electron chi connectivity index (χ4n) is 4.56. The molecular weight excluding hydrogens is 418 g/mol. The second-order valence-electron chi connectivity index (χ2n) is 8.94. The Morgan fingerprint density at radius 2 is 1.93 bits per heavy atom. The Bertz CT molecular complexity index is 840. The Balaban J connectivity index is 1.62. The number of amides is 1. The van der Waals surface area contributed by atoms with Crippen LogP contribution in [0.3, 0.4) is 0 Å². The molecule has 1 saturated carbocycles. The van der Waals surface area contributed by atoms with Crippen molar-refractivity contribution in [3.05, 3.63) is 40.8 Å². The first-order chi connectivity index (χ1) is 13.3. The number of nitrogens with one attached hydrogen (secondary N) is 1. The molecule has 3 atom stereocenters. The molecule has 6 heteroatoms. The molecule has 2 aromatic rings. The van der Waals surface area contributed by atoms with Gasteiger partial charge in [0.05, 0.1) is 17.9 Å². The lowest BCUT2D eigenvalue weighted by atomic mass is 9.85. The first kappa shape index (κ1) is 19.5. The van der Waals surface area contributed by atoms with Crippen molar-refractivity contribution in [3.63, 3.8) is 0 Å². The zero-order valence-electron chi connectivity index (χ0n) is 16.7. The van der Waals surface area contributed by atoms with E-state index in [4.69, 9.17) is 4.74 Å². The normalized spacial score (nSPS) is 24.9. The van der Waals surface area contributed by atoms with E-state index in [2.05, 4.69) is 38.0 Å². The molecule has 1 aliphatic heterocycles. The summed E-state index contributed by atoms with van der Waals surface area (Å²) in [4.78, 5) is 23.2. The monoisotopic (exact) mass is 445 g/mol. The van der Waals surface area contributed by atoms with Crippen molar-refractivity contribution in [1.82, 2.24) is 14.9 Å². The molecule has 0 spiro atoms. The van der Waals surface area contributed by atoms with Gasteiger partial charge in [-0.2, -0.15) is 0 Å². The average molecular weight is 446 g/mol. The maximum Gasteiger partial charge on any atom is 0.411 e. The number of nitrogens with zero attached hydrogens (tertiary/aromatic N) is 2. The highest BCUT2D eigenvalue weighted by Gasteiger charge is 2.47. The van der Waals surface area contributed by atoms with Gasteiger partial charge in [0.2, 0.25) is 0 Å². The molecular formula is C22H28BrN3O2. The Labute approximate surface area is 175 Å². The fourth-order valence-corrected chi connectivity index (χ4v) is 4.83. The van der Waals surface area contributed by atoms with Crippen LogP contribution in [0, 0.1) is 5.92 Å². The summed E-state index contributed by atoms with van der Waals surface area (Å²) >= 11 is 3.48. The minimum absolute atomic E-state index is 0.0489. The number of benzene rings is 1. The SMILES string of the molecule is CC(C)(C)OC(=O)N1[C@H](c2ncc(-c3ccc(Br)cc3)[nH]2)C[C@@H]2CCCC[C@@H]21. The maximum atomic E-state index is 13.1. The first-order valence-electron chi connectivity index (χ1n) is 10.1. The maximum absolute atomic E-state index is 13.1. The number of halogens is 1. The summed E-state index contributed by atoms with van der Waals surface area (Å²) < 4.78 is 6.82. The van der Waals surface area contributed by atoms with Crippen molar-refractivity contribution in [2.75, 3.05) is 0 Å². The second-order valence-corrected chi connectivity index (χ2v) is 9.86. The second kappa shape index (κ2) is 7.54. The molecule has 5 nitrogen and oxygen atoms in total. The van der Waals surface area contributed by atoms with E-state index in [-0.39, 0.29) is 18.2 Å². The molecule has 0 unspecified atom stereocenters. The lowest BCUT2D eigenvalue weighted by Crippen LogP contribution is -2.43. The minimum Gasteiger partial charge on any atom is -0.444 e. The summed E-state index contributed by atoms with van der Waals surface area (Å²) in [5.41, 5.74) is 1.56. The van der Waals surface area contributed by atoms with Crippen molar-refractivity contribution in [2.45, 2.75) is 70.6 Å². The van der Waals surface area contributed by atoms with Crippen LogP contribution in [-0.2, 0) is 4.74 Å². The van der Waals surface area contributed by atoms with Crippen LogP contribution in [0.5, 0.6) is 0 Å². The van der Waals surface area contributed by atoms with Gasteiger partial charge in [-0.3, -0.25) is 4.90 Å². The van der Waals surface area contributed by atoms with Gasteiger partial charge in [0, 0.05) is 10.5 Å². The fraction of sp³-hybridized carbons (Fsp3) is 0.545. The molecule has 0 radical (unpaired) electrons. The number of hydrogen-bond donors (Lipinski definition) is 1. The van der Waals surface area contributed by atoms with Crippen LogP contribution in [0.25, 0.3) is 11.3 Å². The third-order valence-electron chi connectivity index (χ3n) is 5.76. The van der Waals surface area contributed by atoms with Crippen LogP contribution < -0.4 is 0 Å². The number of H-pyrrole nitrogens is 1. The Morgan fingerprint density at radius 3 is 2.64 bits per heavy atom. The molecule has 1 saturated heterocycles. The number of rotatable bonds is 2. The molecule has 150 valence electrons. The number of likely N-dealkylation sites (tertiary alicyclic amines) is 1. The van der Waals surface area contributed by atoms with Gasteiger partial charge in [0.1, 0.15) is 11.4 Å². The highest BCUT2D eigenvalue weighted by atomic mass is 79.9. The van der Waals surface area contributed by atoms with Gasteiger partial charge in [-0.25, -0.2) is 9.78 Å². The van der Waals surface area contributed by atoms with E-state index in [1.54, 1.807) is 0 Å². The predicted octanol–water partition coefficient (Wildman–Crippen LogP) is 6.08. The van der Waals surface area contributed by atoms with Crippen molar-refractivity contribution < 1.29 is 9.53 Å². The summed E-state index contributed by atoms with van der Waals surface area (Å²) in [6.07, 6.45) is 7.27. The lowest BCUT2D eigenvalue weighted by Gasteiger charge is -2.34. The van der Waals surface area contributed by atoms with E-state index in [0.717, 1.165) is 34.4 Å². The Kier molecular flexibility index (Phi) is 5.25. The molecule has 0 bridgehead atoms. The van der Waals surface area contributed by atoms with Crippen LogP contribution in [0.2, 0.25) is 0 Å². The van der Waals surface area contributed by atoms with E-state index >= 15 is 0 Å².